The quantitative estimate of drug-likeness (QED) is 0.588. The van der Waals surface area contributed by atoms with Gasteiger partial charge in [0.2, 0.25) is 11.8 Å². The van der Waals surface area contributed by atoms with Gasteiger partial charge < -0.3 is 10.6 Å². The highest BCUT2D eigenvalue weighted by Crippen LogP contribution is 2.37. The number of rotatable bonds is 5. The average Bonchev–Trinajstić information content (AvgIpc) is 2.23. The van der Waals surface area contributed by atoms with Crippen molar-refractivity contribution in [3.63, 3.8) is 0 Å². The summed E-state index contributed by atoms with van der Waals surface area (Å²) in [6, 6.07) is 0. The molecule has 1 unspecified atom stereocenters. The summed E-state index contributed by atoms with van der Waals surface area (Å²) in [6.45, 7) is 5.92. The standard InChI is InChI=1S/C11H18N2O2S2/c1-4-6-11(7(3)17-5-2)8(14)12-10(16)13-9(11)15/h7H,4-6H2,1-3H3,(H2,12,13,14,15,16). The average molecular weight is 274 g/mol. The monoisotopic (exact) mass is 274 g/mol. The predicted molar refractivity (Wildman–Crippen MR) is 73.8 cm³/mol. The Kier molecular flexibility index (Phi) is 4.94. The molecular formula is C11H18N2O2S2. The van der Waals surface area contributed by atoms with Crippen molar-refractivity contribution < 1.29 is 9.59 Å². The first-order valence-electron chi connectivity index (χ1n) is 5.77. The summed E-state index contributed by atoms with van der Waals surface area (Å²) < 4.78 is 0. The molecule has 2 N–H and O–H groups in total. The van der Waals surface area contributed by atoms with Crippen molar-refractivity contribution >= 4 is 40.9 Å². The first-order chi connectivity index (χ1) is 7.98. The fourth-order valence-corrected chi connectivity index (χ4v) is 3.45. The van der Waals surface area contributed by atoms with Crippen molar-refractivity contribution in [3.05, 3.63) is 0 Å². The van der Waals surface area contributed by atoms with E-state index in [0.29, 0.717) is 6.42 Å². The summed E-state index contributed by atoms with van der Waals surface area (Å²) in [5.74, 6) is 0.348. The lowest BCUT2D eigenvalue weighted by atomic mass is 9.77. The van der Waals surface area contributed by atoms with Gasteiger partial charge in [-0.15, -0.1) is 0 Å². The van der Waals surface area contributed by atoms with Crippen molar-refractivity contribution in [1.82, 2.24) is 10.6 Å². The van der Waals surface area contributed by atoms with Gasteiger partial charge in [0.25, 0.3) is 0 Å². The molecule has 0 spiro atoms. The molecule has 4 nitrogen and oxygen atoms in total. The van der Waals surface area contributed by atoms with Crippen molar-refractivity contribution in [2.24, 2.45) is 5.41 Å². The molecule has 1 aliphatic heterocycles. The highest BCUT2D eigenvalue weighted by Gasteiger charge is 2.52. The lowest BCUT2D eigenvalue weighted by Gasteiger charge is -2.38. The minimum Gasteiger partial charge on any atom is -0.302 e. The van der Waals surface area contributed by atoms with E-state index >= 15 is 0 Å². The summed E-state index contributed by atoms with van der Waals surface area (Å²) in [4.78, 5) is 24.3. The number of hydrogen-bond acceptors (Lipinski definition) is 4. The minimum atomic E-state index is -0.988. The third kappa shape index (κ3) is 2.63. The molecule has 1 heterocycles. The number of nitrogens with one attached hydrogen (secondary N) is 2. The van der Waals surface area contributed by atoms with Gasteiger partial charge in [0.05, 0.1) is 0 Å². The molecule has 2 amide bonds. The fourth-order valence-electron chi connectivity index (χ4n) is 2.15. The molecule has 0 aromatic heterocycles. The Morgan fingerprint density at radius 2 is 1.82 bits per heavy atom. The second kappa shape index (κ2) is 5.82. The van der Waals surface area contributed by atoms with E-state index < -0.39 is 5.41 Å². The maximum Gasteiger partial charge on any atom is 0.242 e. The Balaban J connectivity index is 3.07. The Hall–Kier alpha value is -0.620. The summed E-state index contributed by atoms with van der Waals surface area (Å²) in [6.07, 6.45) is 1.32. The van der Waals surface area contributed by atoms with E-state index in [-0.39, 0.29) is 22.2 Å². The lowest BCUT2D eigenvalue weighted by molar-refractivity contribution is -0.143. The number of hydrogen-bond donors (Lipinski definition) is 2. The van der Waals surface area contributed by atoms with Gasteiger partial charge in [-0.2, -0.15) is 11.8 Å². The van der Waals surface area contributed by atoms with Crippen molar-refractivity contribution in [1.29, 1.82) is 0 Å². The van der Waals surface area contributed by atoms with Gasteiger partial charge in [-0.05, 0) is 24.4 Å². The molecule has 1 saturated heterocycles. The van der Waals surface area contributed by atoms with Crippen LogP contribution in [-0.4, -0.2) is 27.9 Å². The molecule has 1 rings (SSSR count). The van der Waals surface area contributed by atoms with Crippen molar-refractivity contribution in [2.45, 2.75) is 38.9 Å². The van der Waals surface area contributed by atoms with E-state index in [1.54, 1.807) is 11.8 Å². The van der Waals surface area contributed by atoms with Gasteiger partial charge in [-0.1, -0.05) is 27.2 Å². The van der Waals surface area contributed by atoms with Crippen molar-refractivity contribution in [2.75, 3.05) is 5.75 Å². The Morgan fingerprint density at radius 3 is 2.24 bits per heavy atom. The molecule has 6 heteroatoms. The molecule has 0 bridgehead atoms. The Morgan fingerprint density at radius 1 is 1.29 bits per heavy atom. The zero-order valence-electron chi connectivity index (χ0n) is 10.3. The molecule has 1 aliphatic rings. The van der Waals surface area contributed by atoms with E-state index in [1.165, 1.54) is 0 Å². The molecule has 0 saturated carbocycles. The maximum absolute atomic E-state index is 12.2. The van der Waals surface area contributed by atoms with E-state index in [9.17, 15) is 9.59 Å². The Labute approximate surface area is 111 Å². The number of amides is 2. The number of thioether (sulfide) groups is 1. The van der Waals surface area contributed by atoms with E-state index in [0.717, 1.165) is 12.2 Å². The number of thiocarbonyl (C=S) groups is 1. The molecule has 17 heavy (non-hydrogen) atoms. The molecule has 0 radical (unpaired) electrons. The van der Waals surface area contributed by atoms with Crippen LogP contribution in [0.5, 0.6) is 0 Å². The van der Waals surface area contributed by atoms with Crippen LogP contribution in [0, 0.1) is 5.41 Å². The molecule has 1 atom stereocenters. The molecule has 0 aliphatic carbocycles. The van der Waals surface area contributed by atoms with E-state index in [4.69, 9.17) is 12.2 Å². The van der Waals surface area contributed by atoms with Crippen LogP contribution in [0.1, 0.15) is 33.6 Å². The summed E-state index contributed by atoms with van der Waals surface area (Å²) >= 11 is 6.45. The normalized spacial score (nSPS) is 20.8. The largest absolute Gasteiger partial charge is 0.302 e. The zero-order chi connectivity index (χ0) is 13.1. The first kappa shape index (κ1) is 14.4. The number of carbonyl (C=O) groups excluding carboxylic acids is 2. The van der Waals surface area contributed by atoms with Gasteiger partial charge in [0, 0.05) is 5.25 Å². The van der Waals surface area contributed by atoms with Gasteiger partial charge >= 0.3 is 0 Å². The highest BCUT2D eigenvalue weighted by molar-refractivity contribution is 7.99. The maximum atomic E-state index is 12.2. The predicted octanol–water partition coefficient (Wildman–Crippen LogP) is 1.45. The second-order valence-electron chi connectivity index (χ2n) is 4.06. The molecule has 0 aromatic rings. The van der Waals surface area contributed by atoms with Crippen LogP contribution >= 0.6 is 24.0 Å². The van der Waals surface area contributed by atoms with Gasteiger partial charge in [0.15, 0.2) is 5.11 Å². The van der Waals surface area contributed by atoms with Crippen LogP contribution in [0.25, 0.3) is 0 Å². The van der Waals surface area contributed by atoms with E-state index in [1.807, 2.05) is 20.8 Å². The lowest BCUT2D eigenvalue weighted by Crippen LogP contribution is -2.65. The minimum absolute atomic E-state index is 0.0597. The SMILES string of the molecule is CCCC1(C(C)SCC)C(=O)NC(=S)NC1=O. The van der Waals surface area contributed by atoms with Crippen LogP contribution < -0.4 is 10.6 Å². The molecule has 1 fully saturated rings. The van der Waals surface area contributed by atoms with Crippen LogP contribution in [0.15, 0.2) is 0 Å². The summed E-state index contributed by atoms with van der Waals surface area (Å²) in [7, 11) is 0. The second-order valence-corrected chi connectivity index (χ2v) is 6.08. The van der Waals surface area contributed by atoms with Gasteiger partial charge in [-0.25, -0.2) is 0 Å². The highest BCUT2D eigenvalue weighted by atomic mass is 32.2. The third-order valence-corrected chi connectivity index (χ3v) is 4.46. The van der Waals surface area contributed by atoms with Crippen molar-refractivity contribution in [3.8, 4) is 0 Å². The smallest absolute Gasteiger partial charge is 0.242 e. The Bertz CT molecular complexity index is 324. The third-order valence-electron chi connectivity index (χ3n) is 3.02. The van der Waals surface area contributed by atoms with Crippen LogP contribution in [-0.2, 0) is 9.59 Å². The molecule has 0 aromatic carbocycles. The fraction of sp³-hybridized carbons (Fsp3) is 0.727. The zero-order valence-corrected chi connectivity index (χ0v) is 12.0. The summed E-state index contributed by atoms with van der Waals surface area (Å²) in [5.41, 5.74) is -0.988. The number of carbonyl (C=O) groups is 2. The van der Waals surface area contributed by atoms with Crippen LogP contribution in [0.4, 0.5) is 0 Å². The van der Waals surface area contributed by atoms with Crippen LogP contribution in [0.3, 0.4) is 0 Å². The molecule has 96 valence electrons. The topological polar surface area (TPSA) is 58.2 Å². The first-order valence-corrected chi connectivity index (χ1v) is 7.23. The van der Waals surface area contributed by atoms with Crippen LogP contribution in [0.2, 0.25) is 0 Å². The van der Waals surface area contributed by atoms with E-state index in [2.05, 4.69) is 10.6 Å². The van der Waals surface area contributed by atoms with Gasteiger partial charge in [0.1, 0.15) is 5.41 Å². The summed E-state index contributed by atoms with van der Waals surface area (Å²) in [5, 5.41) is 5.20. The van der Waals surface area contributed by atoms with Gasteiger partial charge in [-0.3, -0.25) is 9.59 Å². The molecular weight excluding hydrogens is 256 g/mol.